The lowest BCUT2D eigenvalue weighted by atomic mass is 9.91. The number of tetrazole rings is 1. The van der Waals surface area contributed by atoms with E-state index in [0.29, 0.717) is 24.1 Å². The molecule has 0 fully saturated rings. The Morgan fingerprint density at radius 2 is 2.04 bits per heavy atom. The maximum absolute atomic E-state index is 13.5. The second-order valence-corrected chi connectivity index (χ2v) is 8.06. The molecule has 1 atom stereocenters. The number of rotatable bonds is 4. The second kappa shape index (κ2) is 6.65. The minimum absolute atomic E-state index is 0.300. The fourth-order valence-electron chi connectivity index (χ4n) is 3.28. The third-order valence-corrected chi connectivity index (χ3v) is 5.97. The summed E-state index contributed by atoms with van der Waals surface area (Å²) in [5.74, 6) is 0.251. The molecule has 2 aromatic carbocycles. The van der Waals surface area contributed by atoms with Crippen LogP contribution in [0.5, 0.6) is 0 Å². The van der Waals surface area contributed by atoms with Gasteiger partial charge in [0.05, 0.1) is 11.4 Å². The Balaban J connectivity index is 1.59. The SMILES string of the molecule is Fc1ccc(C2(Cn3cnnn3)COC(c3cc4ccc(Cl)cc4s3)=N2)cc1. The van der Waals surface area contributed by atoms with Crippen molar-refractivity contribution in [2.45, 2.75) is 12.1 Å². The van der Waals surface area contributed by atoms with Crippen molar-refractivity contribution < 1.29 is 9.13 Å². The van der Waals surface area contributed by atoms with Gasteiger partial charge >= 0.3 is 0 Å². The van der Waals surface area contributed by atoms with E-state index in [1.165, 1.54) is 18.5 Å². The molecule has 6 nitrogen and oxygen atoms in total. The highest BCUT2D eigenvalue weighted by molar-refractivity contribution is 7.20. The van der Waals surface area contributed by atoms with Gasteiger partial charge in [0.1, 0.15) is 24.3 Å². The summed E-state index contributed by atoms with van der Waals surface area (Å²) in [7, 11) is 0. The van der Waals surface area contributed by atoms with E-state index in [1.54, 1.807) is 28.2 Å². The molecular weight excluding hydrogens is 401 g/mol. The summed E-state index contributed by atoms with van der Waals surface area (Å²) >= 11 is 7.67. The molecule has 140 valence electrons. The van der Waals surface area contributed by atoms with Gasteiger partial charge in [-0.15, -0.1) is 16.4 Å². The number of nitrogens with zero attached hydrogens (tertiary/aromatic N) is 5. The topological polar surface area (TPSA) is 65.2 Å². The summed E-state index contributed by atoms with van der Waals surface area (Å²) in [5.41, 5.74) is 0.0928. The summed E-state index contributed by atoms with van der Waals surface area (Å²) in [5, 5.41) is 13.1. The van der Waals surface area contributed by atoms with Crippen molar-refractivity contribution in [1.82, 2.24) is 20.2 Å². The molecule has 0 saturated heterocycles. The molecule has 28 heavy (non-hydrogen) atoms. The molecule has 0 radical (unpaired) electrons. The van der Waals surface area contributed by atoms with Gasteiger partial charge in [0, 0.05) is 9.72 Å². The zero-order valence-corrected chi connectivity index (χ0v) is 16.0. The minimum Gasteiger partial charge on any atom is -0.474 e. The van der Waals surface area contributed by atoms with E-state index in [2.05, 4.69) is 15.5 Å². The van der Waals surface area contributed by atoms with Crippen LogP contribution in [0, 0.1) is 5.82 Å². The number of benzene rings is 2. The Kier molecular flexibility index (Phi) is 4.10. The standard InChI is InChI=1S/C19H13ClFN5OS/c20-14-4-1-12-7-17(28-16(12)8-14)18-23-19(10-27-18,9-26-11-22-24-25-26)13-2-5-15(21)6-3-13/h1-8,11H,9-10H2. The van der Waals surface area contributed by atoms with Crippen molar-refractivity contribution in [2.24, 2.45) is 4.99 Å². The number of fused-ring (bicyclic) bond motifs is 1. The number of ether oxygens (including phenoxy) is 1. The van der Waals surface area contributed by atoms with Crippen molar-refractivity contribution in [3.05, 3.63) is 76.1 Å². The van der Waals surface area contributed by atoms with Gasteiger partial charge in [0.25, 0.3) is 0 Å². The molecule has 1 aliphatic rings. The van der Waals surface area contributed by atoms with Crippen LogP contribution in [0.2, 0.25) is 5.02 Å². The average Bonchev–Trinajstić information content (AvgIpc) is 3.42. The quantitative estimate of drug-likeness (QED) is 0.506. The van der Waals surface area contributed by atoms with E-state index < -0.39 is 5.54 Å². The first-order valence-electron chi connectivity index (χ1n) is 8.50. The molecule has 0 aliphatic carbocycles. The number of hydrogen-bond donors (Lipinski definition) is 0. The van der Waals surface area contributed by atoms with Crippen molar-refractivity contribution in [3.63, 3.8) is 0 Å². The molecule has 0 saturated carbocycles. The first-order valence-corrected chi connectivity index (χ1v) is 9.70. The Morgan fingerprint density at radius 3 is 2.82 bits per heavy atom. The monoisotopic (exact) mass is 413 g/mol. The Labute approximate surface area is 168 Å². The Hall–Kier alpha value is -2.84. The predicted molar refractivity (Wildman–Crippen MR) is 105 cm³/mol. The number of halogens is 2. The summed E-state index contributed by atoms with van der Waals surface area (Å²) in [6.45, 7) is 0.689. The molecule has 9 heteroatoms. The van der Waals surface area contributed by atoms with Crippen molar-refractivity contribution in [2.75, 3.05) is 6.61 Å². The summed E-state index contributed by atoms with van der Waals surface area (Å²) in [6.07, 6.45) is 1.53. The van der Waals surface area contributed by atoms with E-state index in [9.17, 15) is 4.39 Å². The summed E-state index contributed by atoms with van der Waals surface area (Å²) in [4.78, 5) is 5.83. The number of aromatic nitrogens is 4. The molecule has 3 heterocycles. The van der Waals surface area contributed by atoms with Gasteiger partial charge in [-0.2, -0.15) is 0 Å². The molecular formula is C19H13ClFN5OS. The van der Waals surface area contributed by atoms with Crippen LogP contribution in [-0.2, 0) is 16.8 Å². The highest BCUT2D eigenvalue weighted by Crippen LogP contribution is 2.37. The zero-order valence-electron chi connectivity index (χ0n) is 14.4. The minimum atomic E-state index is -0.744. The van der Waals surface area contributed by atoms with Gasteiger partial charge in [-0.1, -0.05) is 29.8 Å². The molecule has 5 rings (SSSR count). The zero-order chi connectivity index (χ0) is 19.1. The van der Waals surface area contributed by atoms with E-state index in [1.807, 2.05) is 24.3 Å². The molecule has 0 spiro atoms. The fraction of sp³-hybridized carbons (Fsp3) is 0.158. The first kappa shape index (κ1) is 17.3. The maximum atomic E-state index is 13.5. The lowest BCUT2D eigenvalue weighted by Gasteiger charge is -2.24. The highest BCUT2D eigenvalue weighted by Gasteiger charge is 2.40. The van der Waals surface area contributed by atoms with E-state index >= 15 is 0 Å². The highest BCUT2D eigenvalue weighted by atomic mass is 35.5. The van der Waals surface area contributed by atoms with Crippen molar-refractivity contribution >= 4 is 38.9 Å². The van der Waals surface area contributed by atoms with Crippen LogP contribution in [0.15, 0.2) is 59.9 Å². The van der Waals surface area contributed by atoms with Crippen LogP contribution < -0.4 is 0 Å². The third kappa shape index (κ3) is 3.04. The van der Waals surface area contributed by atoms with E-state index in [0.717, 1.165) is 20.5 Å². The number of aliphatic imine (C=N–C) groups is 1. The number of hydrogen-bond acceptors (Lipinski definition) is 6. The van der Waals surface area contributed by atoms with Crippen LogP contribution >= 0.6 is 22.9 Å². The Morgan fingerprint density at radius 1 is 1.18 bits per heavy atom. The van der Waals surface area contributed by atoms with Crippen LogP contribution in [0.25, 0.3) is 10.1 Å². The summed E-state index contributed by atoms with van der Waals surface area (Å²) < 4.78 is 22.1. The van der Waals surface area contributed by atoms with Gasteiger partial charge in [-0.25, -0.2) is 14.1 Å². The van der Waals surface area contributed by atoms with Gasteiger partial charge in [-0.3, -0.25) is 0 Å². The van der Waals surface area contributed by atoms with Gasteiger partial charge in [-0.05, 0) is 51.7 Å². The van der Waals surface area contributed by atoms with Crippen LogP contribution in [0.4, 0.5) is 4.39 Å². The Bertz CT molecular complexity index is 1170. The lowest BCUT2D eigenvalue weighted by Crippen LogP contribution is -2.31. The third-order valence-electron chi connectivity index (χ3n) is 4.65. The van der Waals surface area contributed by atoms with E-state index in [-0.39, 0.29) is 5.82 Å². The smallest absolute Gasteiger partial charge is 0.227 e. The molecule has 2 aromatic heterocycles. The average molecular weight is 414 g/mol. The normalized spacial score (nSPS) is 19.0. The van der Waals surface area contributed by atoms with Gasteiger partial charge in [0.2, 0.25) is 5.90 Å². The molecule has 0 N–H and O–H groups in total. The van der Waals surface area contributed by atoms with Crippen molar-refractivity contribution in [3.8, 4) is 0 Å². The molecule has 1 unspecified atom stereocenters. The lowest BCUT2D eigenvalue weighted by molar-refractivity contribution is 0.229. The van der Waals surface area contributed by atoms with Gasteiger partial charge < -0.3 is 4.74 Å². The second-order valence-electron chi connectivity index (χ2n) is 6.54. The molecule has 0 amide bonds. The fourth-order valence-corrected chi connectivity index (χ4v) is 4.57. The molecule has 4 aromatic rings. The van der Waals surface area contributed by atoms with Crippen LogP contribution in [-0.4, -0.2) is 32.7 Å². The summed E-state index contributed by atoms with van der Waals surface area (Å²) in [6, 6.07) is 14.1. The largest absolute Gasteiger partial charge is 0.474 e. The maximum Gasteiger partial charge on any atom is 0.227 e. The van der Waals surface area contributed by atoms with Crippen LogP contribution in [0.1, 0.15) is 10.4 Å². The molecule has 1 aliphatic heterocycles. The van der Waals surface area contributed by atoms with Gasteiger partial charge in [0.15, 0.2) is 0 Å². The van der Waals surface area contributed by atoms with Crippen molar-refractivity contribution in [1.29, 1.82) is 0 Å². The van der Waals surface area contributed by atoms with Crippen LogP contribution in [0.3, 0.4) is 0 Å². The molecule has 0 bridgehead atoms. The number of thiophene rings is 1. The first-order chi connectivity index (χ1) is 13.6. The van der Waals surface area contributed by atoms with E-state index in [4.69, 9.17) is 21.3 Å². The predicted octanol–water partition coefficient (Wildman–Crippen LogP) is 4.05.